The Balaban J connectivity index is 0.00000141. The van der Waals surface area contributed by atoms with Crippen LogP contribution >= 0.6 is 11.3 Å². The molecule has 35 heavy (non-hydrogen) atoms. The average Bonchev–Trinajstić information content (AvgIpc) is 3.57. The summed E-state index contributed by atoms with van der Waals surface area (Å²) in [4.78, 5) is 21.1. The van der Waals surface area contributed by atoms with Crippen LogP contribution in [0.4, 0.5) is 0 Å². The summed E-state index contributed by atoms with van der Waals surface area (Å²) in [5, 5.41) is 9.53. The topological polar surface area (TPSA) is 76.8 Å². The number of thiophene rings is 1. The first-order chi connectivity index (χ1) is 17.1. The van der Waals surface area contributed by atoms with Gasteiger partial charge in [-0.2, -0.15) is 0 Å². The molecule has 0 atom stereocenters. The second kappa shape index (κ2) is 11.4. The number of hydrogen-bond acceptors (Lipinski definition) is 7. The lowest BCUT2D eigenvalue weighted by molar-refractivity contribution is 0.230. The SMILES string of the molecule is CC.COc1cc(-n2cnc3cc(-c4ccc(O)cc4)sc3c2=O)ccc1OCCN1CCCC1. The summed E-state index contributed by atoms with van der Waals surface area (Å²) >= 11 is 1.39. The largest absolute Gasteiger partial charge is 0.508 e. The van der Waals surface area contributed by atoms with Gasteiger partial charge in [0.1, 0.15) is 23.4 Å². The third-order valence-corrected chi connectivity index (χ3v) is 7.04. The van der Waals surface area contributed by atoms with Crippen molar-refractivity contribution in [1.82, 2.24) is 14.5 Å². The quantitative estimate of drug-likeness (QED) is 0.375. The van der Waals surface area contributed by atoms with E-state index in [0.29, 0.717) is 34.0 Å². The molecule has 1 saturated heterocycles. The van der Waals surface area contributed by atoms with Crippen LogP contribution in [0.5, 0.6) is 17.2 Å². The molecule has 184 valence electrons. The molecule has 2 aromatic heterocycles. The van der Waals surface area contributed by atoms with E-state index in [-0.39, 0.29) is 11.3 Å². The van der Waals surface area contributed by atoms with Crippen LogP contribution in [0, 0.1) is 0 Å². The highest BCUT2D eigenvalue weighted by Crippen LogP contribution is 2.33. The number of methoxy groups -OCH3 is 1. The number of hydrogen-bond donors (Lipinski definition) is 1. The number of aromatic nitrogens is 2. The summed E-state index contributed by atoms with van der Waals surface area (Å²) in [7, 11) is 1.60. The third kappa shape index (κ3) is 5.49. The van der Waals surface area contributed by atoms with Gasteiger partial charge >= 0.3 is 0 Å². The molecule has 0 unspecified atom stereocenters. The number of nitrogens with zero attached hydrogens (tertiary/aromatic N) is 3. The Hall–Kier alpha value is -3.36. The Morgan fingerprint density at radius 3 is 2.49 bits per heavy atom. The van der Waals surface area contributed by atoms with Gasteiger partial charge in [0.2, 0.25) is 0 Å². The van der Waals surface area contributed by atoms with Crippen molar-refractivity contribution in [1.29, 1.82) is 0 Å². The highest BCUT2D eigenvalue weighted by atomic mass is 32.1. The summed E-state index contributed by atoms with van der Waals surface area (Å²) in [5.74, 6) is 1.45. The number of aromatic hydroxyl groups is 1. The van der Waals surface area contributed by atoms with E-state index in [1.54, 1.807) is 31.6 Å². The molecule has 1 aliphatic heterocycles. The molecule has 1 aliphatic rings. The van der Waals surface area contributed by atoms with Crippen molar-refractivity contribution in [3.05, 3.63) is 65.2 Å². The minimum absolute atomic E-state index is 0.139. The molecular weight excluding hydrogens is 462 g/mol. The van der Waals surface area contributed by atoms with Crippen LogP contribution in [0.15, 0.2) is 59.7 Å². The van der Waals surface area contributed by atoms with Gasteiger partial charge in [-0.15, -0.1) is 11.3 Å². The van der Waals surface area contributed by atoms with Gasteiger partial charge in [-0.25, -0.2) is 4.98 Å². The predicted molar refractivity (Wildman–Crippen MR) is 141 cm³/mol. The summed E-state index contributed by atoms with van der Waals surface area (Å²) in [5.41, 5.74) is 2.11. The predicted octanol–water partition coefficient (Wildman–Crippen LogP) is 5.33. The second-order valence-corrected chi connectivity index (χ2v) is 9.08. The molecule has 0 saturated carbocycles. The Bertz CT molecular complexity index is 1320. The summed E-state index contributed by atoms with van der Waals surface area (Å²) in [6.07, 6.45) is 4.05. The third-order valence-electron chi connectivity index (χ3n) is 5.88. The molecule has 1 fully saturated rings. The lowest BCUT2D eigenvalue weighted by atomic mass is 10.2. The van der Waals surface area contributed by atoms with Crippen LogP contribution < -0.4 is 15.0 Å². The summed E-state index contributed by atoms with van der Waals surface area (Å²) < 4.78 is 13.6. The maximum absolute atomic E-state index is 13.2. The highest BCUT2D eigenvalue weighted by Gasteiger charge is 2.15. The lowest BCUT2D eigenvalue weighted by Gasteiger charge is -2.17. The molecule has 5 rings (SSSR count). The van der Waals surface area contributed by atoms with Gasteiger partial charge in [-0.05, 0) is 74.0 Å². The Morgan fingerprint density at radius 2 is 1.77 bits per heavy atom. The van der Waals surface area contributed by atoms with E-state index in [2.05, 4.69) is 9.88 Å². The molecule has 0 amide bonds. The molecule has 2 aromatic carbocycles. The van der Waals surface area contributed by atoms with Gasteiger partial charge in [-0.3, -0.25) is 14.3 Å². The zero-order chi connectivity index (χ0) is 24.8. The molecule has 0 radical (unpaired) electrons. The van der Waals surface area contributed by atoms with Crippen molar-refractivity contribution in [3.63, 3.8) is 0 Å². The van der Waals surface area contributed by atoms with Crippen LogP contribution in [-0.4, -0.2) is 52.9 Å². The monoisotopic (exact) mass is 493 g/mol. The van der Waals surface area contributed by atoms with E-state index in [4.69, 9.17) is 9.47 Å². The number of ether oxygens (including phenoxy) is 2. The summed E-state index contributed by atoms with van der Waals surface area (Å²) in [6, 6.07) is 14.3. The Morgan fingerprint density at radius 1 is 1.03 bits per heavy atom. The molecule has 7 nitrogen and oxygen atoms in total. The minimum Gasteiger partial charge on any atom is -0.508 e. The van der Waals surface area contributed by atoms with Crippen LogP contribution in [-0.2, 0) is 0 Å². The van der Waals surface area contributed by atoms with E-state index in [1.807, 2.05) is 44.2 Å². The van der Waals surface area contributed by atoms with Crippen LogP contribution in [0.2, 0.25) is 0 Å². The molecule has 0 aliphatic carbocycles. The number of phenolic OH excluding ortho intramolecular Hbond substituents is 1. The fraction of sp³-hybridized carbons (Fsp3) is 0.333. The van der Waals surface area contributed by atoms with E-state index < -0.39 is 0 Å². The van der Waals surface area contributed by atoms with Gasteiger partial charge in [0.15, 0.2) is 11.5 Å². The normalized spacial score (nSPS) is 13.5. The average molecular weight is 494 g/mol. The zero-order valence-corrected chi connectivity index (χ0v) is 21.2. The van der Waals surface area contributed by atoms with E-state index in [1.165, 1.54) is 28.7 Å². The maximum Gasteiger partial charge on any atom is 0.275 e. The van der Waals surface area contributed by atoms with Gasteiger partial charge in [0.25, 0.3) is 5.56 Å². The van der Waals surface area contributed by atoms with E-state index in [9.17, 15) is 9.90 Å². The minimum atomic E-state index is -0.139. The number of benzene rings is 2. The fourth-order valence-corrected chi connectivity index (χ4v) is 5.13. The second-order valence-electron chi connectivity index (χ2n) is 8.02. The first kappa shape index (κ1) is 24.8. The van der Waals surface area contributed by atoms with Crippen LogP contribution in [0.1, 0.15) is 26.7 Å². The van der Waals surface area contributed by atoms with Gasteiger partial charge in [0.05, 0.1) is 18.3 Å². The van der Waals surface area contributed by atoms with Crippen molar-refractivity contribution in [2.45, 2.75) is 26.7 Å². The molecule has 1 N–H and O–H groups in total. The van der Waals surface area contributed by atoms with Crippen LogP contribution in [0.25, 0.3) is 26.3 Å². The molecule has 8 heteroatoms. The van der Waals surface area contributed by atoms with Crippen molar-refractivity contribution in [2.75, 3.05) is 33.4 Å². The first-order valence-corrected chi connectivity index (χ1v) is 12.8. The Kier molecular flexibility index (Phi) is 8.05. The van der Waals surface area contributed by atoms with Crippen molar-refractivity contribution in [2.24, 2.45) is 0 Å². The number of phenols is 1. The zero-order valence-electron chi connectivity index (χ0n) is 20.4. The van der Waals surface area contributed by atoms with Gasteiger partial charge in [-0.1, -0.05) is 13.8 Å². The molecular formula is C27H31N3O4S. The van der Waals surface area contributed by atoms with Crippen molar-refractivity contribution < 1.29 is 14.6 Å². The standard InChI is InChI=1S/C25H25N3O4S.C2H6/c1-31-22-14-18(6-9-21(22)32-13-12-27-10-2-3-11-27)28-16-26-20-15-23(33-24(20)25(28)30)17-4-7-19(29)8-5-17;1-2/h4-9,14-16,29H,2-3,10-13H2,1H3;1-2H3. The fourth-order valence-electron chi connectivity index (χ4n) is 4.08. The van der Waals surface area contributed by atoms with E-state index in [0.717, 1.165) is 30.1 Å². The Labute approximate surface area is 209 Å². The highest BCUT2D eigenvalue weighted by molar-refractivity contribution is 7.22. The molecule has 0 bridgehead atoms. The van der Waals surface area contributed by atoms with E-state index >= 15 is 0 Å². The van der Waals surface area contributed by atoms with Gasteiger partial charge in [0, 0.05) is 17.5 Å². The van der Waals surface area contributed by atoms with Crippen LogP contribution in [0.3, 0.4) is 0 Å². The molecule has 0 spiro atoms. The lowest BCUT2D eigenvalue weighted by Crippen LogP contribution is -2.25. The van der Waals surface area contributed by atoms with Gasteiger partial charge < -0.3 is 14.6 Å². The van der Waals surface area contributed by atoms with Crippen molar-refractivity contribution in [3.8, 4) is 33.4 Å². The maximum atomic E-state index is 13.2. The number of fused-ring (bicyclic) bond motifs is 1. The number of likely N-dealkylation sites (tertiary alicyclic amines) is 1. The van der Waals surface area contributed by atoms with Crippen molar-refractivity contribution >= 4 is 21.6 Å². The molecule has 3 heterocycles. The number of rotatable bonds is 7. The smallest absolute Gasteiger partial charge is 0.275 e. The summed E-state index contributed by atoms with van der Waals surface area (Å²) in [6.45, 7) is 7.76. The molecule has 4 aromatic rings. The first-order valence-electron chi connectivity index (χ1n) is 12.0.